The SMILES string of the molecule is CCC(=O)c1c(-c2ccc(F)cc2)oc2cc(N(CCCF)S(C)(=O)=O)c(-c3ccc(OC)c(-c4cc5ncccc5o4)c3)cc12. The van der Waals surface area contributed by atoms with Crippen molar-refractivity contribution in [1.82, 2.24) is 4.98 Å². The number of ketones is 1. The monoisotopic (exact) mass is 644 g/mol. The number of sulfonamides is 1. The quantitative estimate of drug-likeness (QED) is 0.130. The van der Waals surface area contributed by atoms with Gasteiger partial charge in [0.2, 0.25) is 10.0 Å². The van der Waals surface area contributed by atoms with E-state index in [-0.39, 0.29) is 42.2 Å². The fourth-order valence-electron chi connectivity index (χ4n) is 5.57. The Balaban J connectivity index is 1.65. The first kappa shape index (κ1) is 31.0. The van der Waals surface area contributed by atoms with Crippen LogP contribution in [0, 0.1) is 5.82 Å². The second kappa shape index (κ2) is 12.4. The maximum atomic E-state index is 13.8. The molecule has 0 atom stereocenters. The lowest BCUT2D eigenvalue weighted by molar-refractivity contribution is 0.0989. The second-order valence-electron chi connectivity index (χ2n) is 10.7. The fraction of sp³-hybridized carbons (Fsp3) is 0.200. The summed E-state index contributed by atoms with van der Waals surface area (Å²) in [5.74, 6) is 0.576. The molecule has 0 saturated heterocycles. The van der Waals surface area contributed by atoms with Gasteiger partial charge >= 0.3 is 0 Å². The summed E-state index contributed by atoms with van der Waals surface area (Å²) in [6.07, 6.45) is 2.84. The Morgan fingerprint density at radius 2 is 1.72 bits per heavy atom. The van der Waals surface area contributed by atoms with Crippen LogP contribution in [0.2, 0.25) is 0 Å². The number of ether oxygens (including phenoxy) is 1. The highest BCUT2D eigenvalue weighted by atomic mass is 32.2. The van der Waals surface area contributed by atoms with Crippen molar-refractivity contribution in [2.24, 2.45) is 0 Å². The van der Waals surface area contributed by atoms with Gasteiger partial charge in [-0.25, -0.2) is 12.8 Å². The molecule has 0 fully saturated rings. The van der Waals surface area contributed by atoms with Gasteiger partial charge in [0, 0.05) is 47.8 Å². The third-order valence-corrected chi connectivity index (χ3v) is 8.92. The standard InChI is InChI=1S/C35H30F2N2O6S/c1-4-29(40)34-26-18-24(22-10-13-30(43-2)25(17-22)32-19-27-31(44-32)7-5-15-38-27)28(39(16-6-14-36)46(3,41)42)20-33(26)45-35(34)21-8-11-23(37)12-9-21/h5,7-13,15,17-20H,4,6,14,16H2,1-3H3. The molecule has 0 spiro atoms. The normalized spacial score (nSPS) is 11.8. The van der Waals surface area contributed by atoms with Crippen LogP contribution in [-0.2, 0) is 10.0 Å². The third-order valence-electron chi connectivity index (χ3n) is 7.74. The number of hydrogen-bond acceptors (Lipinski definition) is 7. The van der Waals surface area contributed by atoms with Gasteiger partial charge in [0.05, 0.1) is 36.9 Å². The van der Waals surface area contributed by atoms with Gasteiger partial charge in [0.1, 0.15) is 34.2 Å². The molecular formula is C35H30F2N2O6S. The van der Waals surface area contributed by atoms with Gasteiger partial charge in [-0.1, -0.05) is 13.0 Å². The third kappa shape index (κ3) is 5.74. The molecule has 46 heavy (non-hydrogen) atoms. The first-order valence-corrected chi connectivity index (χ1v) is 16.4. The van der Waals surface area contributed by atoms with Gasteiger partial charge in [0.15, 0.2) is 11.4 Å². The van der Waals surface area contributed by atoms with Crippen molar-refractivity contribution in [3.63, 3.8) is 0 Å². The summed E-state index contributed by atoms with van der Waals surface area (Å²) in [4.78, 5) is 17.8. The molecule has 0 radical (unpaired) electrons. The Morgan fingerprint density at radius 3 is 2.39 bits per heavy atom. The first-order chi connectivity index (χ1) is 22.1. The Morgan fingerprint density at radius 1 is 0.957 bits per heavy atom. The van der Waals surface area contributed by atoms with E-state index < -0.39 is 22.5 Å². The number of aromatic nitrogens is 1. The zero-order chi connectivity index (χ0) is 32.6. The van der Waals surface area contributed by atoms with Crippen molar-refractivity contribution < 1.29 is 35.6 Å². The van der Waals surface area contributed by atoms with Gasteiger partial charge in [0.25, 0.3) is 0 Å². The number of carbonyl (C=O) groups excluding carboxylic acids is 1. The molecule has 0 aliphatic rings. The first-order valence-electron chi connectivity index (χ1n) is 14.6. The van der Waals surface area contributed by atoms with Gasteiger partial charge in [-0.3, -0.25) is 18.5 Å². The van der Waals surface area contributed by atoms with Crippen LogP contribution < -0.4 is 9.04 Å². The highest BCUT2D eigenvalue weighted by molar-refractivity contribution is 7.92. The number of anilines is 1. The van der Waals surface area contributed by atoms with Crippen molar-refractivity contribution >= 4 is 43.6 Å². The van der Waals surface area contributed by atoms with E-state index in [1.165, 1.54) is 31.4 Å². The molecule has 0 unspecified atom stereocenters. The predicted octanol–water partition coefficient (Wildman–Crippen LogP) is 8.44. The van der Waals surface area contributed by atoms with Gasteiger partial charge in [-0.15, -0.1) is 0 Å². The van der Waals surface area contributed by atoms with Crippen molar-refractivity contribution in [2.75, 3.05) is 30.9 Å². The maximum absolute atomic E-state index is 13.8. The number of fused-ring (bicyclic) bond motifs is 2. The molecule has 3 aromatic heterocycles. The van der Waals surface area contributed by atoms with Crippen LogP contribution in [0.25, 0.3) is 55.8 Å². The van der Waals surface area contributed by atoms with Crippen LogP contribution in [0.1, 0.15) is 30.1 Å². The van der Waals surface area contributed by atoms with E-state index in [4.69, 9.17) is 13.6 Å². The Hall–Kier alpha value is -5.03. The number of nitrogens with zero attached hydrogens (tertiary/aromatic N) is 2. The zero-order valence-corrected chi connectivity index (χ0v) is 26.2. The molecule has 8 nitrogen and oxygen atoms in total. The summed E-state index contributed by atoms with van der Waals surface area (Å²) in [6.45, 7) is 0.880. The van der Waals surface area contributed by atoms with Crippen molar-refractivity contribution in [2.45, 2.75) is 19.8 Å². The van der Waals surface area contributed by atoms with Crippen molar-refractivity contribution in [1.29, 1.82) is 0 Å². The van der Waals surface area contributed by atoms with Crippen LogP contribution in [0.4, 0.5) is 14.5 Å². The van der Waals surface area contributed by atoms with Gasteiger partial charge in [-0.2, -0.15) is 0 Å². The highest BCUT2D eigenvalue weighted by Crippen LogP contribution is 2.44. The minimum atomic E-state index is -3.90. The molecular weight excluding hydrogens is 614 g/mol. The van der Waals surface area contributed by atoms with Crippen LogP contribution in [-0.4, -0.2) is 45.8 Å². The summed E-state index contributed by atoms with van der Waals surface area (Å²) in [5.41, 5.74) is 4.11. The average molecular weight is 645 g/mol. The Bertz CT molecular complexity index is 2160. The molecule has 236 valence electrons. The molecule has 0 bridgehead atoms. The largest absolute Gasteiger partial charge is 0.496 e. The maximum Gasteiger partial charge on any atom is 0.232 e. The summed E-state index contributed by atoms with van der Waals surface area (Å²) in [5, 5.41) is 0.453. The van der Waals surface area contributed by atoms with Gasteiger partial charge in [-0.05, 0) is 66.6 Å². The van der Waals surface area contributed by atoms with E-state index in [1.54, 1.807) is 61.7 Å². The van der Waals surface area contributed by atoms with Crippen molar-refractivity contribution in [3.05, 3.63) is 90.4 Å². The van der Waals surface area contributed by atoms with E-state index in [9.17, 15) is 22.0 Å². The molecule has 6 rings (SSSR count). The number of Topliss-reactive ketones (excluding diaryl/α,β-unsaturated/α-hetero) is 1. The molecule has 6 aromatic rings. The highest BCUT2D eigenvalue weighted by Gasteiger charge is 2.27. The molecule has 3 aromatic carbocycles. The summed E-state index contributed by atoms with van der Waals surface area (Å²) in [6, 6.07) is 19.5. The number of methoxy groups -OCH3 is 1. The number of alkyl halides is 1. The summed E-state index contributed by atoms with van der Waals surface area (Å²) in [7, 11) is -2.37. The van der Waals surface area contributed by atoms with E-state index in [2.05, 4.69) is 4.98 Å². The molecule has 11 heteroatoms. The molecule has 0 saturated carbocycles. The van der Waals surface area contributed by atoms with Gasteiger partial charge < -0.3 is 13.6 Å². The minimum absolute atomic E-state index is 0.0387. The average Bonchev–Trinajstić information content (AvgIpc) is 3.65. The lowest BCUT2D eigenvalue weighted by Gasteiger charge is -2.25. The number of furan rings is 2. The number of carbonyl (C=O) groups is 1. The molecule has 3 heterocycles. The number of pyridine rings is 1. The van der Waals surface area contributed by atoms with E-state index in [0.717, 1.165) is 10.6 Å². The van der Waals surface area contributed by atoms with E-state index in [1.807, 2.05) is 0 Å². The lowest BCUT2D eigenvalue weighted by Crippen LogP contribution is -2.31. The summed E-state index contributed by atoms with van der Waals surface area (Å²) >= 11 is 0. The topological polar surface area (TPSA) is 103 Å². The van der Waals surface area contributed by atoms with Crippen LogP contribution in [0.3, 0.4) is 0 Å². The molecule has 0 aliphatic heterocycles. The molecule has 0 N–H and O–H groups in total. The van der Waals surface area contributed by atoms with Crippen molar-refractivity contribution in [3.8, 4) is 39.5 Å². The predicted molar refractivity (Wildman–Crippen MR) is 174 cm³/mol. The fourth-order valence-corrected chi connectivity index (χ4v) is 6.54. The Labute approximate surface area is 264 Å². The van der Waals surface area contributed by atoms with E-state index >= 15 is 0 Å². The van der Waals surface area contributed by atoms with Crippen LogP contribution >= 0.6 is 0 Å². The zero-order valence-electron chi connectivity index (χ0n) is 25.3. The van der Waals surface area contributed by atoms with Crippen LogP contribution in [0.15, 0.2) is 87.8 Å². The summed E-state index contributed by atoms with van der Waals surface area (Å²) < 4.78 is 72.6. The number of benzene rings is 3. The second-order valence-corrected chi connectivity index (χ2v) is 12.7. The van der Waals surface area contributed by atoms with Crippen LogP contribution in [0.5, 0.6) is 5.75 Å². The smallest absolute Gasteiger partial charge is 0.232 e. The molecule has 0 aliphatic carbocycles. The number of hydrogen-bond donors (Lipinski definition) is 0. The van der Waals surface area contributed by atoms with E-state index in [0.29, 0.717) is 55.8 Å². The Kier molecular flexibility index (Phi) is 8.35. The minimum Gasteiger partial charge on any atom is -0.496 e. The lowest BCUT2D eigenvalue weighted by atomic mass is 9.95. The number of rotatable bonds is 11. The number of halogens is 2. The molecule has 0 amide bonds.